The minimum atomic E-state index is 0.0521. The van der Waals surface area contributed by atoms with Crippen LogP contribution in [-0.2, 0) is 4.79 Å². The van der Waals surface area contributed by atoms with E-state index in [4.69, 9.17) is 11.6 Å². The number of anilines is 2. The van der Waals surface area contributed by atoms with Crippen LogP contribution in [0.25, 0.3) is 0 Å². The summed E-state index contributed by atoms with van der Waals surface area (Å²) in [4.78, 5) is 18.7. The molecule has 126 valence electrons. The maximum absolute atomic E-state index is 12.2. The van der Waals surface area contributed by atoms with Crippen molar-refractivity contribution < 1.29 is 4.79 Å². The number of pyridine rings is 1. The number of hydrogen-bond acceptors (Lipinski definition) is 3. The number of hydrogen-bond donors (Lipinski definition) is 1. The SMILES string of the molecule is Cc1ccc(NC(=O)CC2CCN(c3ccc(Cl)cc3)CC2)nc1. The van der Waals surface area contributed by atoms with Gasteiger partial charge in [-0.25, -0.2) is 4.98 Å². The molecule has 1 saturated heterocycles. The van der Waals surface area contributed by atoms with Gasteiger partial charge in [-0.3, -0.25) is 4.79 Å². The predicted molar refractivity (Wildman–Crippen MR) is 98.6 cm³/mol. The van der Waals surface area contributed by atoms with Gasteiger partial charge in [0.25, 0.3) is 0 Å². The Morgan fingerprint density at radius 2 is 1.92 bits per heavy atom. The summed E-state index contributed by atoms with van der Waals surface area (Å²) in [6.07, 6.45) is 4.37. The summed E-state index contributed by atoms with van der Waals surface area (Å²) in [7, 11) is 0. The molecule has 0 radical (unpaired) electrons. The molecule has 1 aromatic heterocycles. The molecule has 3 rings (SSSR count). The van der Waals surface area contributed by atoms with E-state index in [-0.39, 0.29) is 5.91 Å². The maximum Gasteiger partial charge on any atom is 0.225 e. The third-order valence-electron chi connectivity index (χ3n) is 4.46. The van der Waals surface area contributed by atoms with Crippen molar-refractivity contribution in [3.8, 4) is 0 Å². The van der Waals surface area contributed by atoms with Crippen LogP contribution in [0.3, 0.4) is 0 Å². The van der Waals surface area contributed by atoms with E-state index in [1.807, 2.05) is 31.2 Å². The normalized spacial score (nSPS) is 15.3. The summed E-state index contributed by atoms with van der Waals surface area (Å²) in [6, 6.07) is 11.7. The van der Waals surface area contributed by atoms with Crippen LogP contribution in [0.15, 0.2) is 42.6 Å². The number of benzene rings is 1. The van der Waals surface area contributed by atoms with E-state index in [0.29, 0.717) is 18.2 Å². The van der Waals surface area contributed by atoms with Crippen molar-refractivity contribution in [3.05, 3.63) is 53.2 Å². The summed E-state index contributed by atoms with van der Waals surface area (Å²) < 4.78 is 0. The summed E-state index contributed by atoms with van der Waals surface area (Å²) in [6.45, 7) is 3.93. The van der Waals surface area contributed by atoms with Crippen molar-refractivity contribution in [2.24, 2.45) is 5.92 Å². The van der Waals surface area contributed by atoms with E-state index in [0.717, 1.165) is 36.5 Å². The number of aryl methyl sites for hydroxylation is 1. The highest BCUT2D eigenvalue weighted by atomic mass is 35.5. The van der Waals surface area contributed by atoms with Crippen molar-refractivity contribution in [2.45, 2.75) is 26.2 Å². The Hall–Kier alpha value is -2.07. The molecule has 1 amide bonds. The van der Waals surface area contributed by atoms with Crippen LogP contribution in [0.5, 0.6) is 0 Å². The molecule has 0 atom stereocenters. The molecular weight excluding hydrogens is 322 g/mol. The second-order valence-corrected chi connectivity index (χ2v) is 6.82. The van der Waals surface area contributed by atoms with Crippen LogP contribution in [0.1, 0.15) is 24.8 Å². The Balaban J connectivity index is 1.47. The summed E-state index contributed by atoms with van der Waals surface area (Å²) in [5.41, 5.74) is 2.29. The summed E-state index contributed by atoms with van der Waals surface area (Å²) >= 11 is 5.94. The number of piperidine rings is 1. The molecule has 0 saturated carbocycles. The molecule has 1 fully saturated rings. The van der Waals surface area contributed by atoms with Gasteiger partial charge in [-0.15, -0.1) is 0 Å². The first-order valence-electron chi connectivity index (χ1n) is 8.33. The molecule has 2 aromatic rings. The second kappa shape index (κ2) is 7.67. The minimum absolute atomic E-state index is 0.0521. The van der Waals surface area contributed by atoms with Crippen LogP contribution in [0.4, 0.5) is 11.5 Å². The molecule has 1 aromatic carbocycles. The van der Waals surface area contributed by atoms with Gasteiger partial charge >= 0.3 is 0 Å². The topological polar surface area (TPSA) is 45.2 Å². The standard InChI is InChI=1S/C19H22ClN3O/c1-14-2-7-18(21-13-14)22-19(24)12-15-8-10-23(11-9-15)17-5-3-16(20)4-6-17/h2-7,13,15H,8-12H2,1H3,(H,21,22,24). The lowest BCUT2D eigenvalue weighted by Gasteiger charge is -2.33. The van der Waals surface area contributed by atoms with E-state index in [1.165, 1.54) is 5.69 Å². The Kier molecular flexibility index (Phi) is 5.36. The van der Waals surface area contributed by atoms with Crippen molar-refractivity contribution in [1.82, 2.24) is 4.98 Å². The smallest absolute Gasteiger partial charge is 0.225 e. The Morgan fingerprint density at radius 3 is 2.54 bits per heavy atom. The van der Waals surface area contributed by atoms with Gasteiger partial charge in [0.1, 0.15) is 5.82 Å². The first kappa shape index (κ1) is 16.8. The van der Waals surface area contributed by atoms with Gasteiger partial charge in [0.15, 0.2) is 0 Å². The zero-order chi connectivity index (χ0) is 16.9. The number of carbonyl (C=O) groups excluding carboxylic acids is 1. The largest absolute Gasteiger partial charge is 0.372 e. The first-order valence-corrected chi connectivity index (χ1v) is 8.71. The number of halogens is 1. The highest BCUT2D eigenvalue weighted by Gasteiger charge is 2.21. The lowest BCUT2D eigenvalue weighted by Crippen LogP contribution is -2.34. The number of aromatic nitrogens is 1. The van der Waals surface area contributed by atoms with Gasteiger partial charge in [-0.2, -0.15) is 0 Å². The van der Waals surface area contributed by atoms with Gasteiger partial charge < -0.3 is 10.2 Å². The summed E-state index contributed by atoms with van der Waals surface area (Å²) in [5.74, 6) is 1.11. The van der Waals surface area contributed by atoms with Crippen molar-refractivity contribution in [2.75, 3.05) is 23.3 Å². The zero-order valence-electron chi connectivity index (χ0n) is 13.8. The molecule has 4 nitrogen and oxygen atoms in total. The fraction of sp³-hybridized carbons (Fsp3) is 0.368. The van der Waals surface area contributed by atoms with Crippen molar-refractivity contribution in [1.29, 1.82) is 0 Å². The molecule has 24 heavy (non-hydrogen) atoms. The van der Waals surface area contributed by atoms with Crippen LogP contribution in [0.2, 0.25) is 5.02 Å². The molecule has 0 spiro atoms. The molecule has 0 unspecified atom stereocenters. The van der Waals surface area contributed by atoms with E-state index in [2.05, 4.69) is 27.3 Å². The van der Waals surface area contributed by atoms with Gasteiger partial charge in [-0.05, 0) is 61.6 Å². The third kappa shape index (κ3) is 4.48. The van der Waals surface area contributed by atoms with Crippen LogP contribution >= 0.6 is 11.6 Å². The van der Waals surface area contributed by atoms with Gasteiger partial charge in [-0.1, -0.05) is 17.7 Å². The third-order valence-corrected chi connectivity index (χ3v) is 4.71. The van der Waals surface area contributed by atoms with E-state index < -0.39 is 0 Å². The van der Waals surface area contributed by atoms with Crippen LogP contribution in [-0.4, -0.2) is 24.0 Å². The first-order chi connectivity index (χ1) is 11.6. The number of rotatable bonds is 4. The molecule has 0 aliphatic carbocycles. The Bertz CT molecular complexity index is 677. The molecular formula is C19H22ClN3O. The molecule has 1 aliphatic heterocycles. The number of carbonyl (C=O) groups is 1. The van der Waals surface area contributed by atoms with Crippen molar-refractivity contribution >= 4 is 29.0 Å². The molecule has 2 heterocycles. The second-order valence-electron chi connectivity index (χ2n) is 6.38. The zero-order valence-corrected chi connectivity index (χ0v) is 14.6. The fourth-order valence-electron chi connectivity index (χ4n) is 3.05. The molecule has 1 aliphatic rings. The average Bonchev–Trinajstić information content (AvgIpc) is 2.58. The predicted octanol–water partition coefficient (Wildman–Crippen LogP) is 4.29. The minimum Gasteiger partial charge on any atom is -0.372 e. The lowest BCUT2D eigenvalue weighted by atomic mass is 9.93. The number of nitrogens with zero attached hydrogens (tertiary/aromatic N) is 2. The fourth-order valence-corrected chi connectivity index (χ4v) is 3.17. The van der Waals surface area contributed by atoms with Crippen LogP contribution < -0.4 is 10.2 Å². The van der Waals surface area contributed by atoms with Crippen LogP contribution in [0, 0.1) is 12.8 Å². The molecule has 1 N–H and O–H groups in total. The molecule has 5 heteroatoms. The van der Waals surface area contributed by atoms with E-state index >= 15 is 0 Å². The summed E-state index contributed by atoms with van der Waals surface area (Å²) in [5, 5.41) is 3.65. The number of nitrogens with one attached hydrogen (secondary N) is 1. The monoisotopic (exact) mass is 343 g/mol. The highest BCUT2D eigenvalue weighted by Crippen LogP contribution is 2.26. The van der Waals surface area contributed by atoms with Gasteiger partial charge in [0, 0.05) is 36.4 Å². The lowest BCUT2D eigenvalue weighted by molar-refractivity contribution is -0.117. The van der Waals surface area contributed by atoms with Gasteiger partial charge in [0.05, 0.1) is 0 Å². The van der Waals surface area contributed by atoms with E-state index in [1.54, 1.807) is 6.20 Å². The number of amides is 1. The maximum atomic E-state index is 12.2. The van der Waals surface area contributed by atoms with E-state index in [9.17, 15) is 4.79 Å². The van der Waals surface area contributed by atoms with Gasteiger partial charge in [0.2, 0.25) is 5.91 Å². The Labute approximate surface area is 147 Å². The quantitative estimate of drug-likeness (QED) is 0.900. The highest BCUT2D eigenvalue weighted by molar-refractivity contribution is 6.30. The molecule has 0 bridgehead atoms. The van der Waals surface area contributed by atoms with Crippen molar-refractivity contribution in [3.63, 3.8) is 0 Å². The Morgan fingerprint density at radius 1 is 1.21 bits per heavy atom. The average molecular weight is 344 g/mol.